The molecule has 2 saturated heterocycles. The van der Waals surface area contributed by atoms with Crippen molar-refractivity contribution in [2.24, 2.45) is 0 Å². The minimum absolute atomic E-state index is 0.142. The lowest BCUT2D eigenvalue weighted by molar-refractivity contribution is -0.169. The summed E-state index contributed by atoms with van der Waals surface area (Å²) in [4.78, 5) is 21.7. The summed E-state index contributed by atoms with van der Waals surface area (Å²) in [5.41, 5.74) is 1.91. The number of morpholine rings is 1. The number of unbranched alkanes of at least 4 members (excludes halogenated alkanes) is 4. The fourth-order valence-electron chi connectivity index (χ4n) is 4.75. The van der Waals surface area contributed by atoms with Gasteiger partial charge < -0.3 is 14.4 Å². The molecule has 2 aromatic rings. The normalized spacial score (nSPS) is 22.7. The number of carbonyl (C=O) groups excluding carboxylic acids is 1. The third-order valence-electron chi connectivity index (χ3n) is 6.42. The summed E-state index contributed by atoms with van der Waals surface area (Å²) in [6.45, 7) is 6.63. The van der Waals surface area contributed by atoms with Crippen LogP contribution < -0.4 is 4.74 Å². The number of hydrogen-bond donors (Lipinski definition) is 0. The molecular formula is C24H33N3O3. The highest BCUT2D eigenvalue weighted by atomic mass is 16.5. The lowest BCUT2D eigenvalue weighted by Gasteiger charge is -2.47. The lowest BCUT2D eigenvalue weighted by atomic mass is 9.94. The first-order valence-corrected chi connectivity index (χ1v) is 11.3. The quantitative estimate of drug-likeness (QED) is 0.487. The summed E-state index contributed by atoms with van der Waals surface area (Å²) in [5.74, 6) is 0.644. The Morgan fingerprint density at radius 1 is 1.17 bits per heavy atom. The van der Waals surface area contributed by atoms with E-state index in [0.717, 1.165) is 48.4 Å². The van der Waals surface area contributed by atoms with E-state index in [1.165, 1.54) is 32.1 Å². The maximum atomic E-state index is 12.4. The highest BCUT2D eigenvalue weighted by Gasteiger charge is 2.41. The van der Waals surface area contributed by atoms with E-state index in [-0.39, 0.29) is 18.1 Å². The number of hydrogen-bond acceptors (Lipinski definition) is 6. The first-order valence-electron chi connectivity index (χ1n) is 11.3. The molecule has 6 nitrogen and oxygen atoms in total. The average Bonchev–Trinajstić information content (AvgIpc) is 2.77. The van der Waals surface area contributed by atoms with Gasteiger partial charge >= 0.3 is 5.97 Å². The summed E-state index contributed by atoms with van der Waals surface area (Å²) >= 11 is 0. The minimum atomic E-state index is -0.285. The summed E-state index contributed by atoms with van der Waals surface area (Å²) in [7, 11) is 1.67. The topological polar surface area (TPSA) is 54.9 Å². The van der Waals surface area contributed by atoms with Crippen LogP contribution in [0.25, 0.3) is 10.9 Å². The number of carbonyl (C=O) groups is 1. The van der Waals surface area contributed by atoms with E-state index >= 15 is 0 Å². The van der Waals surface area contributed by atoms with E-state index in [4.69, 9.17) is 9.47 Å². The van der Waals surface area contributed by atoms with Crippen LogP contribution in [-0.2, 0) is 9.53 Å². The molecule has 162 valence electrons. The molecule has 4 rings (SSSR count). The molecule has 2 atom stereocenters. The lowest BCUT2D eigenvalue weighted by Crippen LogP contribution is -2.60. The Morgan fingerprint density at radius 2 is 2.03 bits per heavy atom. The number of esters is 1. The van der Waals surface area contributed by atoms with Gasteiger partial charge in [0.05, 0.1) is 25.2 Å². The molecule has 1 unspecified atom stereocenters. The molecule has 0 N–H and O–H groups in total. The van der Waals surface area contributed by atoms with Crippen molar-refractivity contribution in [2.45, 2.75) is 51.2 Å². The molecule has 2 fully saturated rings. The van der Waals surface area contributed by atoms with Crippen molar-refractivity contribution in [1.82, 2.24) is 14.8 Å². The maximum absolute atomic E-state index is 12.4. The Labute approximate surface area is 179 Å². The van der Waals surface area contributed by atoms with Gasteiger partial charge in [-0.25, -0.2) is 0 Å². The van der Waals surface area contributed by atoms with Crippen LogP contribution in [0, 0.1) is 0 Å². The zero-order valence-electron chi connectivity index (χ0n) is 18.2. The van der Waals surface area contributed by atoms with E-state index in [1.54, 1.807) is 7.11 Å². The standard InChI is InChI=1S/C24H33N3O3/c1-3-4-5-6-7-12-26-13-14-27-17-23(28)30-24(22(27)16-26)19-10-11-25-21-9-8-18(29-2)15-20(19)21/h8-11,15,22,24H,3-7,12-14,16-17H2,1-2H3/t22-,24?/m1/s1. The van der Waals surface area contributed by atoms with Crippen molar-refractivity contribution in [1.29, 1.82) is 0 Å². The Bertz CT molecular complexity index is 872. The Kier molecular flexibility index (Phi) is 6.85. The number of ether oxygens (including phenoxy) is 2. The van der Waals surface area contributed by atoms with Crippen LogP contribution >= 0.6 is 0 Å². The third-order valence-corrected chi connectivity index (χ3v) is 6.42. The number of fused-ring (bicyclic) bond motifs is 2. The van der Waals surface area contributed by atoms with E-state index < -0.39 is 0 Å². The molecule has 0 bridgehead atoms. The van der Waals surface area contributed by atoms with Gasteiger partial charge in [0, 0.05) is 36.8 Å². The molecule has 0 amide bonds. The molecule has 0 spiro atoms. The van der Waals surface area contributed by atoms with E-state index in [2.05, 4.69) is 21.7 Å². The van der Waals surface area contributed by atoms with Crippen LogP contribution in [0.5, 0.6) is 5.75 Å². The summed E-state index contributed by atoms with van der Waals surface area (Å²) in [6.07, 6.45) is 7.99. The Morgan fingerprint density at radius 3 is 2.87 bits per heavy atom. The second-order valence-electron chi connectivity index (χ2n) is 8.45. The molecular weight excluding hydrogens is 378 g/mol. The van der Waals surface area contributed by atoms with Crippen molar-refractivity contribution in [2.75, 3.05) is 39.8 Å². The zero-order chi connectivity index (χ0) is 20.9. The van der Waals surface area contributed by atoms with Gasteiger partial charge in [0.15, 0.2) is 0 Å². The van der Waals surface area contributed by atoms with Crippen LogP contribution in [0.2, 0.25) is 0 Å². The van der Waals surface area contributed by atoms with E-state index in [1.807, 2.05) is 30.5 Å². The predicted molar refractivity (Wildman–Crippen MR) is 118 cm³/mol. The molecule has 0 radical (unpaired) electrons. The van der Waals surface area contributed by atoms with Crippen molar-refractivity contribution in [3.63, 3.8) is 0 Å². The van der Waals surface area contributed by atoms with Crippen LogP contribution in [0.3, 0.4) is 0 Å². The highest BCUT2D eigenvalue weighted by Crippen LogP contribution is 2.36. The SMILES string of the molecule is CCCCCCCN1CCN2CC(=O)OC(c3ccnc4ccc(OC)cc34)[C@H]2C1. The van der Waals surface area contributed by atoms with Gasteiger partial charge in [0.1, 0.15) is 11.9 Å². The molecule has 2 aliphatic heterocycles. The first-order chi connectivity index (χ1) is 14.7. The molecule has 0 aliphatic carbocycles. The van der Waals surface area contributed by atoms with Crippen LogP contribution in [0.1, 0.15) is 50.7 Å². The minimum Gasteiger partial charge on any atom is -0.497 e. The fourth-order valence-corrected chi connectivity index (χ4v) is 4.75. The smallest absolute Gasteiger partial charge is 0.320 e. The second kappa shape index (κ2) is 9.75. The van der Waals surface area contributed by atoms with E-state index in [9.17, 15) is 4.79 Å². The van der Waals surface area contributed by atoms with Crippen LogP contribution in [0.15, 0.2) is 30.5 Å². The number of rotatable bonds is 8. The Balaban J connectivity index is 1.55. The molecule has 3 heterocycles. The largest absolute Gasteiger partial charge is 0.497 e. The van der Waals surface area contributed by atoms with E-state index in [0.29, 0.717) is 6.54 Å². The zero-order valence-corrected chi connectivity index (χ0v) is 18.2. The third kappa shape index (κ3) is 4.60. The molecule has 30 heavy (non-hydrogen) atoms. The van der Waals surface area contributed by atoms with Crippen molar-refractivity contribution in [3.8, 4) is 5.75 Å². The van der Waals surface area contributed by atoms with Crippen molar-refractivity contribution >= 4 is 16.9 Å². The monoisotopic (exact) mass is 411 g/mol. The number of aromatic nitrogens is 1. The van der Waals surface area contributed by atoms with Crippen molar-refractivity contribution < 1.29 is 14.3 Å². The molecule has 1 aromatic heterocycles. The first kappa shape index (κ1) is 21.1. The number of benzene rings is 1. The molecule has 0 saturated carbocycles. The van der Waals surface area contributed by atoms with Gasteiger partial charge in [-0.05, 0) is 37.2 Å². The highest BCUT2D eigenvalue weighted by molar-refractivity contribution is 5.84. The van der Waals surface area contributed by atoms with Gasteiger partial charge in [0.2, 0.25) is 0 Å². The number of methoxy groups -OCH3 is 1. The van der Waals surface area contributed by atoms with Crippen LogP contribution in [-0.4, -0.2) is 66.6 Å². The second-order valence-corrected chi connectivity index (χ2v) is 8.45. The molecule has 1 aromatic carbocycles. The molecule has 6 heteroatoms. The summed E-state index contributed by atoms with van der Waals surface area (Å²) in [6, 6.07) is 8.04. The number of nitrogens with zero attached hydrogens (tertiary/aromatic N) is 3. The van der Waals surface area contributed by atoms with Gasteiger partial charge in [-0.15, -0.1) is 0 Å². The van der Waals surface area contributed by atoms with Gasteiger partial charge in [-0.1, -0.05) is 32.6 Å². The maximum Gasteiger partial charge on any atom is 0.320 e. The van der Waals surface area contributed by atoms with Gasteiger partial charge in [-0.3, -0.25) is 14.7 Å². The Hall–Kier alpha value is -2.18. The number of piperazine rings is 1. The van der Waals surface area contributed by atoms with Gasteiger partial charge in [0.25, 0.3) is 0 Å². The van der Waals surface area contributed by atoms with Crippen molar-refractivity contribution in [3.05, 3.63) is 36.0 Å². The fraction of sp³-hybridized carbons (Fsp3) is 0.583. The van der Waals surface area contributed by atoms with Gasteiger partial charge in [-0.2, -0.15) is 0 Å². The molecule has 2 aliphatic rings. The number of cyclic esters (lactones) is 1. The average molecular weight is 412 g/mol. The predicted octanol–water partition coefficient (Wildman–Crippen LogP) is 3.80. The van der Waals surface area contributed by atoms with Crippen LogP contribution in [0.4, 0.5) is 0 Å². The number of pyridine rings is 1. The summed E-state index contributed by atoms with van der Waals surface area (Å²) < 4.78 is 11.4. The summed E-state index contributed by atoms with van der Waals surface area (Å²) in [5, 5.41) is 0.994.